The van der Waals surface area contributed by atoms with Gasteiger partial charge in [0.1, 0.15) is 0 Å². The van der Waals surface area contributed by atoms with E-state index in [9.17, 15) is 0 Å². The van der Waals surface area contributed by atoms with Gasteiger partial charge in [-0.25, -0.2) is 0 Å². The first-order valence-corrected chi connectivity index (χ1v) is 6.68. The van der Waals surface area contributed by atoms with E-state index in [2.05, 4.69) is 21.8 Å². The lowest BCUT2D eigenvalue weighted by Crippen LogP contribution is -2.26. The summed E-state index contributed by atoms with van der Waals surface area (Å²) in [6, 6.07) is 0.496. The van der Waals surface area contributed by atoms with Crippen molar-refractivity contribution in [2.75, 3.05) is 6.54 Å². The molecule has 0 spiro atoms. The van der Waals surface area contributed by atoms with Gasteiger partial charge in [0.15, 0.2) is 0 Å². The topological polar surface area (TPSA) is 37.8 Å². The fourth-order valence-corrected chi connectivity index (χ4v) is 2.60. The summed E-state index contributed by atoms with van der Waals surface area (Å²) in [4.78, 5) is 1.30. The van der Waals surface area contributed by atoms with Gasteiger partial charge in [-0.3, -0.25) is 0 Å². The molecule has 0 radical (unpaired) electrons. The van der Waals surface area contributed by atoms with E-state index in [1.165, 1.54) is 48.5 Å². The minimum atomic E-state index is 0.496. The standard InChI is InChI=1S/C11H19N3S/c1-2-6-12-10(7-9-4-3-5-9)11-8-13-14-15-11/h8-10,12H,2-7H2,1H3. The van der Waals surface area contributed by atoms with Gasteiger partial charge in [0, 0.05) is 6.04 Å². The summed E-state index contributed by atoms with van der Waals surface area (Å²) in [5, 5.41) is 7.53. The zero-order valence-corrected chi connectivity index (χ0v) is 10.1. The quantitative estimate of drug-likeness (QED) is 0.809. The fraction of sp³-hybridized carbons (Fsp3) is 0.818. The molecule has 0 bridgehead atoms. The van der Waals surface area contributed by atoms with Crippen LogP contribution in [0.4, 0.5) is 0 Å². The maximum atomic E-state index is 3.95. The molecule has 0 saturated heterocycles. The molecule has 1 unspecified atom stereocenters. The molecule has 1 aliphatic rings. The second kappa shape index (κ2) is 5.56. The zero-order valence-electron chi connectivity index (χ0n) is 9.28. The van der Waals surface area contributed by atoms with Crippen LogP contribution in [0.2, 0.25) is 0 Å². The molecule has 1 aliphatic carbocycles. The molecule has 1 saturated carbocycles. The second-order valence-corrected chi connectivity index (χ2v) is 5.18. The van der Waals surface area contributed by atoms with Crippen LogP contribution in [0.15, 0.2) is 6.20 Å². The van der Waals surface area contributed by atoms with Crippen molar-refractivity contribution >= 4 is 11.5 Å². The molecule has 15 heavy (non-hydrogen) atoms. The first-order valence-electron chi connectivity index (χ1n) is 5.90. The Labute approximate surface area is 95.4 Å². The first kappa shape index (κ1) is 11.0. The van der Waals surface area contributed by atoms with Gasteiger partial charge in [-0.05, 0) is 36.8 Å². The van der Waals surface area contributed by atoms with E-state index < -0.39 is 0 Å². The van der Waals surface area contributed by atoms with Crippen LogP contribution in [0.1, 0.15) is 49.9 Å². The third kappa shape index (κ3) is 2.98. The Morgan fingerprint density at radius 3 is 3.00 bits per heavy atom. The van der Waals surface area contributed by atoms with Crippen LogP contribution in [0.5, 0.6) is 0 Å². The Balaban J connectivity index is 1.89. The molecular weight excluding hydrogens is 206 g/mol. The predicted molar refractivity (Wildman–Crippen MR) is 62.9 cm³/mol. The molecule has 0 amide bonds. The predicted octanol–water partition coefficient (Wildman–Crippen LogP) is 2.77. The smallest absolute Gasteiger partial charge is 0.0669 e. The average Bonchev–Trinajstić information content (AvgIpc) is 2.68. The SMILES string of the molecule is CCCNC(CC1CCC1)c1cnns1. The van der Waals surface area contributed by atoms with Gasteiger partial charge in [-0.2, -0.15) is 0 Å². The molecule has 4 heteroatoms. The van der Waals surface area contributed by atoms with Crippen LogP contribution in [-0.4, -0.2) is 16.1 Å². The summed E-state index contributed by atoms with van der Waals surface area (Å²) in [6.07, 6.45) is 8.62. The highest BCUT2D eigenvalue weighted by Gasteiger charge is 2.23. The van der Waals surface area contributed by atoms with Gasteiger partial charge in [-0.1, -0.05) is 30.7 Å². The lowest BCUT2D eigenvalue weighted by molar-refractivity contribution is 0.262. The number of nitrogens with one attached hydrogen (secondary N) is 1. The highest BCUT2D eigenvalue weighted by atomic mass is 32.1. The first-order chi connectivity index (χ1) is 7.40. The molecule has 3 nitrogen and oxygen atoms in total. The number of hydrogen-bond acceptors (Lipinski definition) is 4. The molecular formula is C11H19N3S. The summed E-state index contributed by atoms with van der Waals surface area (Å²) < 4.78 is 3.95. The van der Waals surface area contributed by atoms with Crippen molar-refractivity contribution in [1.82, 2.24) is 14.9 Å². The van der Waals surface area contributed by atoms with Crippen molar-refractivity contribution in [2.24, 2.45) is 5.92 Å². The fourth-order valence-electron chi connectivity index (χ4n) is 2.01. The van der Waals surface area contributed by atoms with Crippen LogP contribution in [-0.2, 0) is 0 Å². The molecule has 0 aromatic carbocycles. The molecule has 1 N–H and O–H groups in total. The minimum Gasteiger partial charge on any atom is -0.309 e. The second-order valence-electron chi connectivity index (χ2n) is 4.36. The Bertz CT molecular complexity index is 269. The monoisotopic (exact) mass is 225 g/mol. The largest absolute Gasteiger partial charge is 0.309 e. The van der Waals surface area contributed by atoms with E-state index in [0.29, 0.717) is 6.04 Å². The van der Waals surface area contributed by atoms with Gasteiger partial charge in [0.05, 0.1) is 11.1 Å². The van der Waals surface area contributed by atoms with Crippen LogP contribution in [0.3, 0.4) is 0 Å². The number of nitrogens with zero attached hydrogens (tertiary/aromatic N) is 2. The van der Waals surface area contributed by atoms with Gasteiger partial charge < -0.3 is 5.32 Å². The van der Waals surface area contributed by atoms with E-state index in [0.717, 1.165) is 12.5 Å². The van der Waals surface area contributed by atoms with Gasteiger partial charge in [0.2, 0.25) is 0 Å². The van der Waals surface area contributed by atoms with Crippen molar-refractivity contribution in [1.29, 1.82) is 0 Å². The molecule has 1 atom stereocenters. The van der Waals surface area contributed by atoms with Crippen molar-refractivity contribution in [3.05, 3.63) is 11.1 Å². The molecule has 0 aliphatic heterocycles. The van der Waals surface area contributed by atoms with Crippen LogP contribution in [0.25, 0.3) is 0 Å². The van der Waals surface area contributed by atoms with Crippen LogP contribution < -0.4 is 5.32 Å². The van der Waals surface area contributed by atoms with Crippen LogP contribution in [0, 0.1) is 5.92 Å². The van der Waals surface area contributed by atoms with Crippen molar-refractivity contribution < 1.29 is 0 Å². The molecule has 1 fully saturated rings. The lowest BCUT2D eigenvalue weighted by atomic mass is 9.80. The Hall–Kier alpha value is -0.480. The molecule has 84 valence electrons. The highest BCUT2D eigenvalue weighted by molar-refractivity contribution is 7.05. The third-order valence-electron chi connectivity index (χ3n) is 3.16. The Morgan fingerprint density at radius 1 is 1.60 bits per heavy atom. The van der Waals surface area contributed by atoms with Gasteiger partial charge in [0.25, 0.3) is 0 Å². The van der Waals surface area contributed by atoms with E-state index in [-0.39, 0.29) is 0 Å². The maximum Gasteiger partial charge on any atom is 0.0669 e. The van der Waals surface area contributed by atoms with E-state index >= 15 is 0 Å². The molecule has 1 aromatic rings. The molecule has 1 heterocycles. The van der Waals surface area contributed by atoms with Gasteiger partial charge >= 0.3 is 0 Å². The Morgan fingerprint density at radius 2 is 2.47 bits per heavy atom. The third-order valence-corrected chi connectivity index (χ3v) is 3.93. The number of rotatable bonds is 6. The van der Waals surface area contributed by atoms with Crippen molar-refractivity contribution in [3.63, 3.8) is 0 Å². The average molecular weight is 225 g/mol. The molecule has 1 aromatic heterocycles. The van der Waals surface area contributed by atoms with E-state index in [1.54, 1.807) is 0 Å². The van der Waals surface area contributed by atoms with E-state index in [1.807, 2.05) is 6.20 Å². The Kier molecular flexibility index (Phi) is 4.09. The van der Waals surface area contributed by atoms with Crippen molar-refractivity contribution in [3.8, 4) is 0 Å². The lowest BCUT2D eigenvalue weighted by Gasteiger charge is -2.29. The van der Waals surface area contributed by atoms with E-state index in [4.69, 9.17) is 0 Å². The normalized spacial score (nSPS) is 18.7. The summed E-state index contributed by atoms with van der Waals surface area (Å²) in [6.45, 7) is 3.30. The van der Waals surface area contributed by atoms with Crippen LogP contribution >= 0.6 is 11.5 Å². The molecule has 2 rings (SSSR count). The maximum absolute atomic E-state index is 3.95. The summed E-state index contributed by atoms with van der Waals surface area (Å²) in [5.74, 6) is 0.932. The van der Waals surface area contributed by atoms with Crippen molar-refractivity contribution in [2.45, 2.75) is 45.1 Å². The zero-order chi connectivity index (χ0) is 10.5. The summed E-state index contributed by atoms with van der Waals surface area (Å²) in [7, 11) is 0. The van der Waals surface area contributed by atoms with Gasteiger partial charge in [-0.15, -0.1) is 5.10 Å². The number of hydrogen-bond donors (Lipinski definition) is 1. The number of aromatic nitrogens is 2. The summed E-state index contributed by atoms with van der Waals surface area (Å²) >= 11 is 1.53. The highest BCUT2D eigenvalue weighted by Crippen LogP contribution is 2.35. The summed E-state index contributed by atoms with van der Waals surface area (Å²) in [5.41, 5.74) is 0. The minimum absolute atomic E-state index is 0.496.